The van der Waals surface area contributed by atoms with Gasteiger partial charge in [0.25, 0.3) is 0 Å². The number of carbonyl (C=O) groups is 1. The van der Waals surface area contributed by atoms with E-state index in [2.05, 4.69) is 22.2 Å². The molecule has 0 fully saturated rings. The van der Waals surface area contributed by atoms with Gasteiger partial charge in [-0.1, -0.05) is 19.8 Å². The summed E-state index contributed by atoms with van der Waals surface area (Å²) in [5.41, 5.74) is 1.91. The highest BCUT2D eigenvalue weighted by molar-refractivity contribution is 5.66. The van der Waals surface area contributed by atoms with Gasteiger partial charge in [-0.25, -0.2) is 9.97 Å². The molecule has 20 heavy (non-hydrogen) atoms. The predicted octanol–water partition coefficient (Wildman–Crippen LogP) is 3.18. The Labute approximate surface area is 120 Å². The Hall–Kier alpha value is -1.65. The van der Waals surface area contributed by atoms with Crippen molar-refractivity contribution in [2.45, 2.75) is 52.9 Å². The van der Waals surface area contributed by atoms with Crippen LogP contribution in [-0.2, 0) is 4.79 Å². The van der Waals surface area contributed by atoms with E-state index in [0.29, 0.717) is 11.9 Å². The molecule has 1 aromatic heterocycles. The van der Waals surface area contributed by atoms with Crippen LogP contribution in [0.2, 0.25) is 0 Å². The van der Waals surface area contributed by atoms with E-state index in [1.54, 1.807) is 0 Å². The second kappa shape index (κ2) is 8.51. The zero-order chi connectivity index (χ0) is 15.0. The minimum absolute atomic E-state index is 0.255. The molecule has 0 aliphatic carbocycles. The lowest BCUT2D eigenvalue weighted by atomic mass is 9.94. The number of carboxylic acids is 1. The van der Waals surface area contributed by atoms with Gasteiger partial charge in [0, 0.05) is 24.4 Å². The lowest BCUT2D eigenvalue weighted by Gasteiger charge is -2.15. The second-order valence-corrected chi connectivity index (χ2v) is 5.28. The minimum Gasteiger partial charge on any atom is -0.481 e. The van der Waals surface area contributed by atoms with Gasteiger partial charge < -0.3 is 10.4 Å². The topological polar surface area (TPSA) is 75.1 Å². The third kappa shape index (κ3) is 6.50. The molecule has 0 aliphatic heterocycles. The number of hydrogen-bond acceptors (Lipinski definition) is 4. The molecule has 0 aliphatic rings. The fourth-order valence-corrected chi connectivity index (χ4v) is 2.36. The molecule has 112 valence electrons. The van der Waals surface area contributed by atoms with Gasteiger partial charge in [-0.3, -0.25) is 4.79 Å². The number of aliphatic carboxylic acids is 1. The minimum atomic E-state index is -0.711. The summed E-state index contributed by atoms with van der Waals surface area (Å²) in [5.74, 6) is 0.405. The molecule has 1 aromatic rings. The summed E-state index contributed by atoms with van der Waals surface area (Å²) in [6.07, 6.45) is 4.12. The van der Waals surface area contributed by atoms with E-state index < -0.39 is 5.97 Å². The first-order valence-electron chi connectivity index (χ1n) is 7.29. The maximum Gasteiger partial charge on any atom is 0.303 e. The van der Waals surface area contributed by atoms with Crippen molar-refractivity contribution in [2.75, 3.05) is 11.9 Å². The predicted molar refractivity (Wildman–Crippen MR) is 79.9 cm³/mol. The van der Waals surface area contributed by atoms with Gasteiger partial charge >= 0.3 is 5.97 Å². The molecule has 0 bridgehead atoms. The van der Waals surface area contributed by atoms with Crippen molar-refractivity contribution >= 4 is 11.9 Å². The molecular weight excluding hydrogens is 254 g/mol. The standard InChI is InChI=1S/C15H25N3O2/c1-4-5-13(6-7-14(19)20)8-9-16-15-17-11(2)10-12(3)18-15/h10,13H,4-9H2,1-3H3,(H,19,20)(H,16,17,18). The summed E-state index contributed by atoms with van der Waals surface area (Å²) >= 11 is 0. The van der Waals surface area contributed by atoms with Crippen LogP contribution in [0.5, 0.6) is 0 Å². The molecule has 0 saturated heterocycles. The molecule has 0 saturated carbocycles. The van der Waals surface area contributed by atoms with Crippen LogP contribution in [0, 0.1) is 19.8 Å². The maximum absolute atomic E-state index is 10.6. The number of rotatable bonds is 9. The number of hydrogen-bond donors (Lipinski definition) is 2. The number of aryl methyl sites for hydroxylation is 2. The Kier molecular flexibility index (Phi) is 6.98. The van der Waals surface area contributed by atoms with Gasteiger partial charge in [-0.2, -0.15) is 0 Å². The fraction of sp³-hybridized carbons (Fsp3) is 0.667. The van der Waals surface area contributed by atoms with Crippen molar-refractivity contribution in [1.29, 1.82) is 0 Å². The van der Waals surface area contributed by atoms with Crippen LogP contribution in [-0.4, -0.2) is 27.6 Å². The third-order valence-electron chi connectivity index (χ3n) is 3.28. The van der Waals surface area contributed by atoms with Gasteiger partial charge in [0.15, 0.2) is 0 Å². The van der Waals surface area contributed by atoms with Crippen molar-refractivity contribution in [2.24, 2.45) is 5.92 Å². The van der Waals surface area contributed by atoms with Crippen molar-refractivity contribution in [3.63, 3.8) is 0 Å². The number of nitrogens with one attached hydrogen (secondary N) is 1. The van der Waals surface area contributed by atoms with E-state index in [4.69, 9.17) is 5.11 Å². The summed E-state index contributed by atoms with van der Waals surface area (Å²) in [6, 6.07) is 1.94. The normalized spacial score (nSPS) is 12.2. The zero-order valence-corrected chi connectivity index (χ0v) is 12.6. The van der Waals surface area contributed by atoms with Crippen LogP contribution in [0.15, 0.2) is 6.07 Å². The summed E-state index contributed by atoms with van der Waals surface area (Å²) in [4.78, 5) is 19.3. The SMILES string of the molecule is CCCC(CCNc1nc(C)cc(C)n1)CCC(=O)O. The summed E-state index contributed by atoms with van der Waals surface area (Å²) in [5, 5.41) is 12.0. The van der Waals surface area contributed by atoms with Crippen LogP contribution < -0.4 is 5.32 Å². The van der Waals surface area contributed by atoms with Crippen molar-refractivity contribution < 1.29 is 9.90 Å². The van der Waals surface area contributed by atoms with E-state index in [1.165, 1.54) is 0 Å². The summed E-state index contributed by atoms with van der Waals surface area (Å²) < 4.78 is 0. The van der Waals surface area contributed by atoms with Crippen LogP contribution in [0.4, 0.5) is 5.95 Å². The van der Waals surface area contributed by atoms with Crippen LogP contribution in [0.1, 0.15) is 50.4 Å². The van der Waals surface area contributed by atoms with Crippen LogP contribution >= 0.6 is 0 Å². The molecule has 1 rings (SSSR count). The molecular formula is C15H25N3O2. The van der Waals surface area contributed by atoms with Gasteiger partial charge in [-0.05, 0) is 38.7 Å². The first kappa shape index (κ1) is 16.4. The molecule has 0 amide bonds. The average molecular weight is 279 g/mol. The molecule has 0 radical (unpaired) electrons. The zero-order valence-electron chi connectivity index (χ0n) is 12.6. The van der Waals surface area contributed by atoms with Gasteiger partial charge in [-0.15, -0.1) is 0 Å². The second-order valence-electron chi connectivity index (χ2n) is 5.28. The molecule has 5 nitrogen and oxygen atoms in total. The van der Waals surface area contributed by atoms with E-state index in [1.807, 2.05) is 19.9 Å². The Balaban J connectivity index is 2.40. The summed E-state index contributed by atoms with van der Waals surface area (Å²) in [6.45, 7) is 6.82. The Morgan fingerprint density at radius 2 is 1.90 bits per heavy atom. The molecule has 0 aromatic carbocycles. The van der Waals surface area contributed by atoms with Crippen molar-refractivity contribution in [1.82, 2.24) is 9.97 Å². The molecule has 1 heterocycles. The quantitative estimate of drug-likeness (QED) is 0.726. The van der Waals surface area contributed by atoms with Gasteiger partial charge in [0.2, 0.25) is 5.95 Å². The Morgan fingerprint density at radius 1 is 1.25 bits per heavy atom. The first-order valence-corrected chi connectivity index (χ1v) is 7.29. The highest BCUT2D eigenvalue weighted by atomic mass is 16.4. The molecule has 1 atom stereocenters. The van der Waals surface area contributed by atoms with Gasteiger partial charge in [0.05, 0.1) is 0 Å². The maximum atomic E-state index is 10.6. The lowest BCUT2D eigenvalue weighted by molar-refractivity contribution is -0.137. The number of nitrogens with zero attached hydrogens (tertiary/aromatic N) is 2. The number of carboxylic acid groups (broad SMARTS) is 1. The largest absolute Gasteiger partial charge is 0.481 e. The first-order chi connectivity index (χ1) is 9.51. The van der Waals surface area contributed by atoms with E-state index in [0.717, 1.165) is 43.6 Å². The molecule has 1 unspecified atom stereocenters. The highest BCUT2D eigenvalue weighted by Gasteiger charge is 2.10. The van der Waals surface area contributed by atoms with E-state index in [-0.39, 0.29) is 6.42 Å². The number of anilines is 1. The highest BCUT2D eigenvalue weighted by Crippen LogP contribution is 2.17. The fourth-order valence-electron chi connectivity index (χ4n) is 2.36. The molecule has 2 N–H and O–H groups in total. The third-order valence-corrected chi connectivity index (χ3v) is 3.28. The number of aromatic nitrogens is 2. The Morgan fingerprint density at radius 3 is 2.45 bits per heavy atom. The van der Waals surface area contributed by atoms with E-state index in [9.17, 15) is 4.79 Å². The van der Waals surface area contributed by atoms with Crippen LogP contribution in [0.25, 0.3) is 0 Å². The van der Waals surface area contributed by atoms with E-state index >= 15 is 0 Å². The lowest BCUT2D eigenvalue weighted by Crippen LogP contribution is -2.13. The van der Waals surface area contributed by atoms with Crippen molar-refractivity contribution in [3.8, 4) is 0 Å². The smallest absolute Gasteiger partial charge is 0.303 e. The Bertz CT molecular complexity index is 415. The monoisotopic (exact) mass is 279 g/mol. The summed E-state index contributed by atoms with van der Waals surface area (Å²) in [7, 11) is 0. The van der Waals surface area contributed by atoms with Gasteiger partial charge in [0.1, 0.15) is 0 Å². The van der Waals surface area contributed by atoms with Crippen molar-refractivity contribution in [3.05, 3.63) is 17.5 Å². The molecule has 5 heteroatoms. The van der Waals surface area contributed by atoms with Crippen LogP contribution in [0.3, 0.4) is 0 Å². The average Bonchev–Trinajstić information content (AvgIpc) is 2.34. The molecule has 0 spiro atoms.